The third-order valence-electron chi connectivity index (χ3n) is 3.85. The van der Waals surface area contributed by atoms with Crippen molar-refractivity contribution >= 4 is 0 Å². The topological polar surface area (TPSA) is 23.8 Å². The molecule has 0 saturated heterocycles. The Bertz CT molecular complexity index is 629. The number of nitriles is 1. The molecule has 3 atom stereocenters. The molecule has 0 amide bonds. The summed E-state index contributed by atoms with van der Waals surface area (Å²) in [6.07, 6.45) is -1.75. The summed E-state index contributed by atoms with van der Waals surface area (Å²) in [4.78, 5) is 0. The second kappa shape index (κ2) is 8.43. The molecular formula is C20H21F2N. The molecule has 0 aliphatic rings. The average Bonchev–Trinajstić information content (AvgIpc) is 2.55. The molecule has 0 aliphatic carbocycles. The Kier molecular flexibility index (Phi) is 6.29. The molecule has 0 fully saturated rings. The maximum atomic E-state index is 14.1. The molecule has 1 nitrogen and oxygen atoms in total. The third-order valence-corrected chi connectivity index (χ3v) is 3.85. The van der Waals surface area contributed by atoms with E-state index in [2.05, 4.69) is 0 Å². The second-order valence-corrected chi connectivity index (χ2v) is 5.94. The lowest BCUT2D eigenvalue weighted by Crippen LogP contribution is -2.14. The van der Waals surface area contributed by atoms with Gasteiger partial charge in [0.05, 0.1) is 18.2 Å². The Balaban J connectivity index is 1.94. The van der Waals surface area contributed by atoms with Crippen LogP contribution in [-0.2, 0) is 6.42 Å². The molecule has 0 radical (unpaired) electrons. The lowest BCUT2D eigenvalue weighted by molar-refractivity contribution is 0.248. The van der Waals surface area contributed by atoms with Gasteiger partial charge in [0.1, 0.15) is 6.17 Å². The van der Waals surface area contributed by atoms with Crippen LogP contribution in [0.2, 0.25) is 0 Å². The predicted octanol–water partition coefficient (Wildman–Crippen LogP) is 5.51. The Labute approximate surface area is 136 Å². The van der Waals surface area contributed by atoms with Crippen LogP contribution in [0.4, 0.5) is 8.78 Å². The van der Waals surface area contributed by atoms with Gasteiger partial charge in [0.25, 0.3) is 0 Å². The Morgan fingerprint density at radius 2 is 1.52 bits per heavy atom. The van der Waals surface area contributed by atoms with Gasteiger partial charge in [-0.15, -0.1) is 0 Å². The van der Waals surface area contributed by atoms with Crippen molar-refractivity contribution in [3.63, 3.8) is 0 Å². The van der Waals surface area contributed by atoms with E-state index in [1.165, 1.54) is 6.92 Å². The fourth-order valence-electron chi connectivity index (χ4n) is 2.71. The van der Waals surface area contributed by atoms with Crippen molar-refractivity contribution in [2.24, 2.45) is 5.92 Å². The summed E-state index contributed by atoms with van der Waals surface area (Å²) in [7, 11) is 0. The van der Waals surface area contributed by atoms with Gasteiger partial charge in [-0.2, -0.15) is 5.26 Å². The lowest BCUT2D eigenvalue weighted by Gasteiger charge is -2.14. The standard InChI is InChI=1S/C20H21F2N/c1-15(21)11-17(14-23)13-20(22)12-16-7-9-19(10-8-16)18-5-3-2-4-6-18/h2-10,15,17,20H,11-13H2,1H3. The minimum absolute atomic E-state index is 0.0885. The number of alkyl halides is 2. The molecule has 2 aromatic rings. The van der Waals surface area contributed by atoms with E-state index in [0.29, 0.717) is 0 Å². The van der Waals surface area contributed by atoms with Crippen LogP contribution in [0.5, 0.6) is 0 Å². The van der Waals surface area contributed by atoms with Crippen molar-refractivity contribution in [1.82, 2.24) is 0 Å². The molecule has 2 aromatic carbocycles. The molecule has 0 aromatic heterocycles. The van der Waals surface area contributed by atoms with Crippen LogP contribution in [0.3, 0.4) is 0 Å². The minimum Gasteiger partial charge on any atom is -0.248 e. The first-order chi connectivity index (χ1) is 11.1. The van der Waals surface area contributed by atoms with Gasteiger partial charge < -0.3 is 0 Å². The van der Waals surface area contributed by atoms with Gasteiger partial charge in [-0.25, -0.2) is 8.78 Å². The fraction of sp³-hybridized carbons (Fsp3) is 0.350. The van der Waals surface area contributed by atoms with Gasteiger partial charge in [-0.05, 0) is 36.5 Å². The van der Waals surface area contributed by atoms with E-state index in [1.807, 2.05) is 60.7 Å². The van der Waals surface area contributed by atoms with Crippen molar-refractivity contribution in [1.29, 1.82) is 5.26 Å². The van der Waals surface area contributed by atoms with Crippen LogP contribution in [-0.4, -0.2) is 12.3 Å². The summed E-state index contributed by atoms with van der Waals surface area (Å²) < 4.78 is 27.1. The number of hydrogen-bond donors (Lipinski definition) is 0. The molecule has 23 heavy (non-hydrogen) atoms. The molecule has 0 N–H and O–H groups in total. The van der Waals surface area contributed by atoms with Crippen LogP contribution in [0.1, 0.15) is 25.3 Å². The molecule has 3 unspecified atom stereocenters. The van der Waals surface area contributed by atoms with Crippen molar-refractivity contribution < 1.29 is 8.78 Å². The Morgan fingerprint density at radius 1 is 0.913 bits per heavy atom. The normalized spacial score (nSPS) is 14.7. The maximum absolute atomic E-state index is 14.1. The molecule has 3 heteroatoms. The first-order valence-corrected chi connectivity index (χ1v) is 7.90. The van der Waals surface area contributed by atoms with Crippen LogP contribution in [0.25, 0.3) is 11.1 Å². The molecule has 0 aliphatic heterocycles. The van der Waals surface area contributed by atoms with Gasteiger partial charge in [-0.3, -0.25) is 0 Å². The highest BCUT2D eigenvalue weighted by atomic mass is 19.1. The largest absolute Gasteiger partial charge is 0.248 e. The highest BCUT2D eigenvalue weighted by molar-refractivity contribution is 5.63. The molecular weight excluding hydrogens is 292 g/mol. The average molecular weight is 313 g/mol. The van der Waals surface area contributed by atoms with Crippen molar-refractivity contribution in [3.8, 4) is 17.2 Å². The quantitative estimate of drug-likeness (QED) is 0.661. The van der Waals surface area contributed by atoms with E-state index in [0.717, 1.165) is 16.7 Å². The monoisotopic (exact) mass is 313 g/mol. The first kappa shape index (κ1) is 17.1. The van der Waals surface area contributed by atoms with Crippen molar-refractivity contribution in [3.05, 3.63) is 60.2 Å². The first-order valence-electron chi connectivity index (χ1n) is 7.90. The molecule has 0 saturated carbocycles. The highest BCUT2D eigenvalue weighted by Crippen LogP contribution is 2.22. The number of hydrogen-bond acceptors (Lipinski definition) is 1. The summed E-state index contributed by atoms with van der Waals surface area (Å²) in [5.41, 5.74) is 3.10. The molecule has 120 valence electrons. The zero-order valence-corrected chi connectivity index (χ0v) is 13.3. The Morgan fingerprint density at radius 3 is 2.09 bits per heavy atom. The summed E-state index contributed by atoms with van der Waals surface area (Å²) >= 11 is 0. The van der Waals surface area contributed by atoms with Gasteiger partial charge in [-0.1, -0.05) is 54.6 Å². The lowest BCUT2D eigenvalue weighted by atomic mass is 9.94. The molecule has 0 spiro atoms. The summed E-state index contributed by atoms with van der Waals surface area (Å²) in [6.45, 7) is 1.40. The highest BCUT2D eigenvalue weighted by Gasteiger charge is 2.18. The minimum atomic E-state index is -1.12. The maximum Gasteiger partial charge on any atom is 0.105 e. The van der Waals surface area contributed by atoms with Crippen molar-refractivity contribution in [2.75, 3.05) is 0 Å². The molecule has 0 bridgehead atoms. The van der Waals surface area contributed by atoms with Crippen molar-refractivity contribution in [2.45, 2.75) is 38.5 Å². The number of nitrogens with zero attached hydrogens (tertiary/aromatic N) is 1. The van der Waals surface area contributed by atoms with Gasteiger partial charge >= 0.3 is 0 Å². The van der Waals surface area contributed by atoms with E-state index in [4.69, 9.17) is 5.26 Å². The SMILES string of the molecule is CC(F)CC(C#N)CC(F)Cc1ccc(-c2ccccc2)cc1. The summed E-state index contributed by atoms with van der Waals surface area (Å²) in [5.74, 6) is -0.561. The van der Waals surface area contributed by atoms with Gasteiger partial charge in [0.15, 0.2) is 0 Å². The van der Waals surface area contributed by atoms with Crippen LogP contribution in [0.15, 0.2) is 54.6 Å². The third kappa shape index (κ3) is 5.49. The number of benzene rings is 2. The predicted molar refractivity (Wildman–Crippen MR) is 89.4 cm³/mol. The van der Waals surface area contributed by atoms with E-state index >= 15 is 0 Å². The summed E-state index contributed by atoms with van der Waals surface area (Å²) in [6, 6.07) is 19.8. The second-order valence-electron chi connectivity index (χ2n) is 5.94. The van der Waals surface area contributed by atoms with E-state index in [-0.39, 0.29) is 19.3 Å². The van der Waals surface area contributed by atoms with E-state index in [1.54, 1.807) is 0 Å². The number of rotatable bonds is 7. The zero-order valence-electron chi connectivity index (χ0n) is 13.3. The number of halogens is 2. The van der Waals surface area contributed by atoms with E-state index in [9.17, 15) is 8.78 Å². The molecule has 0 heterocycles. The van der Waals surface area contributed by atoms with Gasteiger partial charge in [0.2, 0.25) is 0 Å². The van der Waals surface area contributed by atoms with Crippen LogP contribution < -0.4 is 0 Å². The smallest absolute Gasteiger partial charge is 0.105 e. The molecule has 2 rings (SSSR count). The van der Waals surface area contributed by atoms with Crippen LogP contribution in [0, 0.1) is 17.2 Å². The summed E-state index contributed by atoms with van der Waals surface area (Å²) in [5, 5.41) is 8.97. The van der Waals surface area contributed by atoms with Gasteiger partial charge in [0, 0.05) is 6.42 Å². The Hall–Kier alpha value is -2.21. The zero-order chi connectivity index (χ0) is 16.7. The van der Waals surface area contributed by atoms with E-state index < -0.39 is 18.3 Å². The fourth-order valence-corrected chi connectivity index (χ4v) is 2.71. The van der Waals surface area contributed by atoms with Crippen LogP contribution >= 0.6 is 0 Å².